The monoisotopic (exact) mass is 373 g/mol. The average Bonchev–Trinajstić information content (AvgIpc) is 2.92. The molecule has 4 rings (SSSR count). The van der Waals surface area contributed by atoms with Crippen LogP contribution in [0.4, 0.5) is 5.69 Å². The quantitative estimate of drug-likeness (QED) is 0.573. The van der Waals surface area contributed by atoms with Crippen molar-refractivity contribution in [2.75, 3.05) is 12.0 Å². The fourth-order valence-electron chi connectivity index (χ4n) is 4.19. The van der Waals surface area contributed by atoms with E-state index in [1.165, 1.54) is 6.08 Å². The molecule has 0 spiro atoms. The molecule has 0 aromatic heterocycles. The van der Waals surface area contributed by atoms with Crippen molar-refractivity contribution in [3.05, 3.63) is 70.8 Å². The van der Waals surface area contributed by atoms with Crippen molar-refractivity contribution < 1.29 is 14.3 Å². The fourth-order valence-corrected chi connectivity index (χ4v) is 4.19. The van der Waals surface area contributed by atoms with Crippen LogP contribution in [0.1, 0.15) is 47.8 Å². The van der Waals surface area contributed by atoms with Crippen LogP contribution in [0.2, 0.25) is 0 Å². The average molecular weight is 373 g/mol. The maximum absolute atomic E-state index is 13.3. The highest BCUT2D eigenvalue weighted by atomic mass is 16.5. The van der Waals surface area contributed by atoms with Gasteiger partial charge in [-0.1, -0.05) is 6.08 Å². The molecule has 0 aliphatic carbocycles. The van der Waals surface area contributed by atoms with E-state index in [2.05, 4.69) is 19.1 Å². The molecule has 0 fully saturated rings. The number of hydrogen-bond acceptors (Lipinski definition) is 3. The second kappa shape index (κ2) is 6.20. The van der Waals surface area contributed by atoms with Gasteiger partial charge >= 0.3 is 0 Å². The number of hydrogen-bond donors (Lipinski definition) is 0. The van der Waals surface area contributed by atoms with Crippen LogP contribution in [0.5, 0.6) is 5.75 Å². The third-order valence-corrected chi connectivity index (χ3v) is 5.42. The van der Waals surface area contributed by atoms with E-state index in [0.29, 0.717) is 16.9 Å². The Balaban J connectivity index is 1.85. The molecule has 2 aromatic carbocycles. The number of ketones is 1. The highest BCUT2D eigenvalue weighted by Gasteiger charge is 2.44. The Labute approximate surface area is 165 Å². The Bertz CT molecular complexity index is 1070. The summed E-state index contributed by atoms with van der Waals surface area (Å²) in [7, 11) is 1.58. The van der Waals surface area contributed by atoms with E-state index >= 15 is 0 Å². The number of carbonyl (C=O) groups is 2. The third-order valence-electron chi connectivity index (χ3n) is 5.42. The molecular formula is C24H23NO3. The molecule has 0 N–H and O–H groups in total. The van der Waals surface area contributed by atoms with Crippen LogP contribution in [0.25, 0.3) is 11.1 Å². The summed E-state index contributed by atoms with van der Waals surface area (Å²) >= 11 is 0. The van der Waals surface area contributed by atoms with Gasteiger partial charge in [-0.2, -0.15) is 0 Å². The van der Waals surface area contributed by atoms with Crippen molar-refractivity contribution in [3.8, 4) is 5.75 Å². The summed E-state index contributed by atoms with van der Waals surface area (Å²) in [6, 6.07) is 11.0. The van der Waals surface area contributed by atoms with Crippen LogP contribution in [-0.4, -0.2) is 24.3 Å². The molecule has 0 radical (unpaired) electrons. The van der Waals surface area contributed by atoms with Gasteiger partial charge in [0.15, 0.2) is 5.78 Å². The summed E-state index contributed by atoms with van der Waals surface area (Å²) in [4.78, 5) is 28.0. The topological polar surface area (TPSA) is 46.6 Å². The summed E-state index contributed by atoms with van der Waals surface area (Å²) in [6.07, 6.45) is 3.59. The van der Waals surface area contributed by atoms with Gasteiger partial charge in [0, 0.05) is 16.7 Å². The Morgan fingerprint density at radius 3 is 2.36 bits per heavy atom. The second-order valence-corrected chi connectivity index (χ2v) is 7.98. The lowest BCUT2D eigenvalue weighted by Crippen LogP contribution is -2.46. The summed E-state index contributed by atoms with van der Waals surface area (Å²) in [6.45, 7) is 8.13. The molecule has 0 saturated carbocycles. The summed E-state index contributed by atoms with van der Waals surface area (Å²) in [5.74, 6) is 0.369. The maximum Gasteiger partial charge on any atom is 0.259 e. The highest BCUT2D eigenvalue weighted by Crippen LogP contribution is 2.49. The SMILES string of the molecule is COc1ccc(C(=O)/C=C2/C(=O)N3c4c(cc(C)cc42)C(C)=CC3(C)C)cc1. The van der Waals surface area contributed by atoms with Crippen molar-refractivity contribution in [1.82, 2.24) is 0 Å². The standard InChI is InChI=1S/C24H23NO3/c1-14-10-18-15(2)13-24(3,4)25-22(18)19(11-14)20(23(25)27)12-21(26)16-6-8-17(28-5)9-7-16/h6-13H,1-5H3/b20-12+. The summed E-state index contributed by atoms with van der Waals surface area (Å²) in [5, 5.41) is 0. The number of aryl methyl sites for hydroxylation is 1. The van der Waals surface area contributed by atoms with Crippen LogP contribution in [0.15, 0.2) is 48.6 Å². The molecular weight excluding hydrogens is 350 g/mol. The van der Waals surface area contributed by atoms with Gasteiger partial charge in [0.1, 0.15) is 5.75 Å². The number of amides is 1. The molecule has 1 amide bonds. The van der Waals surface area contributed by atoms with Crippen LogP contribution < -0.4 is 9.64 Å². The van der Waals surface area contributed by atoms with Crippen molar-refractivity contribution >= 4 is 28.5 Å². The highest BCUT2D eigenvalue weighted by molar-refractivity contribution is 6.37. The first-order valence-corrected chi connectivity index (χ1v) is 9.32. The van der Waals surface area contributed by atoms with Gasteiger partial charge in [0.2, 0.25) is 0 Å². The van der Waals surface area contributed by atoms with E-state index in [1.54, 1.807) is 31.4 Å². The van der Waals surface area contributed by atoms with Crippen molar-refractivity contribution in [2.24, 2.45) is 0 Å². The van der Waals surface area contributed by atoms with Crippen LogP contribution in [0, 0.1) is 6.92 Å². The molecule has 28 heavy (non-hydrogen) atoms. The lowest BCUT2D eigenvalue weighted by atomic mass is 9.88. The number of benzene rings is 2. The number of rotatable bonds is 3. The summed E-state index contributed by atoms with van der Waals surface area (Å²) in [5.41, 5.74) is 5.56. The fraction of sp³-hybridized carbons (Fsp3) is 0.250. The van der Waals surface area contributed by atoms with E-state index in [1.807, 2.05) is 31.7 Å². The molecule has 0 atom stereocenters. The van der Waals surface area contributed by atoms with Gasteiger partial charge in [0.05, 0.1) is 23.9 Å². The lowest BCUT2D eigenvalue weighted by Gasteiger charge is -2.38. The van der Waals surface area contributed by atoms with E-state index in [9.17, 15) is 9.59 Å². The Morgan fingerprint density at radius 2 is 1.71 bits per heavy atom. The van der Waals surface area contributed by atoms with Crippen LogP contribution >= 0.6 is 0 Å². The van der Waals surface area contributed by atoms with Gasteiger partial charge in [0.25, 0.3) is 5.91 Å². The molecule has 4 heteroatoms. The van der Waals surface area contributed by atoms with Gasteiger partial charge in [-0.3, -0.25) is 14.5 Å². The predicted molar refractivity (Wildman–Crippen MR) is 112 cm³/mol. The molecule has 2 aromatic rings. The number of allylic oxidation sites excluding steroid dienone is 2. The Hall–Kier alpha value is -3.14. The van der Waals surface area contributed by atoms with E-state index in [0.717, 1.165) is 28.0 Å². The molecule has 0 saturated heterocycles. The van der Waals surface area contributed by atoms with Gasteiger partial charge in [-0.15, -0.1) is 0 Å². The third kappa shape index (κ3) is 2.68. The maximum atomic E-state index is 13.3. The number of methoxy groups -OCH3 is 1. The number of ether oxygens (including phenoxy) is 1. The van der Waals surface area contributed by atoms with Crippen molar-refractivity contribution in [2.45, 2.75) is 33.2 Å². The summed E-state index contributed by atoms with van der Waals surface area (Å²) < 4.78 is 5.15. The Morgan fingerprint density at radius 1 is 1.07 bits per heavy atom. The zero-order valence-corrected chi connectivity index (χ0v) is 16.8. The van der Waals surface area contributed by atoms with E-state index < -0.39 is 5.54 Å². The smallest absolute Gasteiger partial charge is 0.259 e. The predicted octanol–water partition coefficient (Wildman–Crippen LogP) is 4.81. The zero-order valence-electron chi connectivity index (χ0n) is 16.8. The van der Waals surface area contributed by atoms with Crippen LogP contribution in [0.3, 0.4) is 0 Å². The zero-order chi connectivity index (χ0) is 20.2. The first-order chi connectivity index (χ1) is 13.2. The number of carbonyl (C=O) groups excluding carboxylic acids is 2. The van der Waals surface area contributed by atoms with E-state index in [4.69, 9.17) is 4.74 Å². The minimum Gasteiger partial charge on any atom is -0.497 e. The molecule has 0 unspecified atom stereocenters. The van der Waals surface area contributed by atoms with E-state index in [-0.39, 0.29) is 11.7 Å². The molecule has 2 heterocycles. The number of anilines is 1. The molecule has 0 bridgehead atoms. The first-order valence-electron chi connectivity index (χ1n) is 9.32. The molecule has 142 valence electrons. The normalized spacial score (nSPS) is 18.2. The van der Waals surface area contributed by atoms with Gasteiger partial charge in [-0.25, -0.2) is 0 Å². The minimum atomic E-state index is -0.447. The van der Waals surface area contributed by atoms with Gasteiger partial charge in [-0.05, 0) is 81.3 Å². The van der Waals surface area contributed by atoms with Crippen LogP contribution in [-0.2, 0) is 4.79 Å². The van der Waals surface area contributed by atoms with Gasteiger partial charge < -0.3 is 4.74 Å². The molecule has 2 aliphatic heterocycles. The minimum absolute atomic E-state index is 0.127. The second-order valence-electron chi connectivity index (χ2n) is 7.98. The largest absolute Gasteiger partial charge is 0.497 e. The Kier molecular flexibility index (Phi) is 4.03. The first kappa shape index (κ1) is 18.2. The molecule has 2 aliphatic rings. The lowest BCUT2D eigenvalue weighted by molar-refractivity contribution is -0.113. The molecule has 4 nitrogen and oxygen atoms in total. The number of nitrogens with zero attached hydrogens (tertiary/aromatic N) is 1. The van der Waals surface area contributed by atoms with Crippen molar-refractivity contribution in [1.29, 1.82) is 0 Å². The van der Waals surface area contributed by atoms with Crippen molar-refractivity contribution in [3.63, 3.8) is 0 Å².